The monoisotopic (exact) mass is 456 g/mol. The van der Waals surface area contributed by atoms with Crippen LogP contribution >= 0.6 is 7.14 Å². The van der Waals surface area contributed by atoms with Crippen molar-refractivity contribution in [2.75, 3.05) is 28.1 Å². The van der Waals surface area contributed by atoms with Gasteiger partial charge in [0.2, 0.25) is 0 Å². The minimum Gasteiger partial charge on any atom is -0.497 e. The average molecular weight is 456 g/mol. The van der Waals surface area contributed by atoms with Crippen molar-refractivity contribution >= 4 is 17.8 Å². The summed E-state index contributed by atoms with van der Waals surface area (Å²) < 4.78 is 37.1. The number of ether oxygens (including phenoxy) is 4. The van der Waals surface area contributed by atoms with Crippen LogP contribution in [0, 0.1) is 13.8 Å². The summed E-state index contributed by atoms with van der Waals surface area (Å²) in [6, 6.07) is 16.3. The molecule has 3 aromatic carbocycles. The van der Waals surface area contributed by atoms with Gasteiger partial charge in [0.15, 0.2) is 13.9 Å². The predicted octanol–water partition coefficient (Wildman–Crippen LogP) is 4.17. The molecule has 170 valence electrons. The van der Waals surface area contributed by atoms with Gasteiger partial charge >= 0.3 is 0 Å². The molecule has 0 saturated carbocycles. The average Bonchev–Trinajstić information content (AvgIpc) is 2.81. The maximum Gasteiger partial charge on any atom is 0.186 e. The van der Waals surface area contributed by atoms with E-state index in [0.717, 1.165) is 16.7 Å². The maximum atomic E-state index is 15.1. The summed E-state index contributed by atoms with van der Waals surface area (Å²) in [7, 11) is 1.27. The van der Waals surface area contributed by atoms with Crippen LogP contribution in [0.4, 0.5) is 0 Å². The SMILES string of the molecule is COc1ccc(OC)c(P(=O)(Cc2c(C)cccc2C)c2cc(OCO)ccc2OC)c1. The first-order chi connectivity index (χ1) is 15.4. The highest BCUT2D eigenvalue weighted by Crippen LogP contribution is 2.53. The molecule has 0 bridgehead atoms. The van der Waals surface area contributed by atoms with Crippen molar-refractivity contribution in [3.63, 3.8) is 0 Å². The number of hydrogen-bond donors (Lipinski definition) is 1. The lowest BCUT2D eigenvalue weighted by Gasteiger charge is -2.25. The number of methoxy groups -OCH3 is 3. The zero-order chi connectivity index (χ0) is 23.3. The summed E-state index contributed by atoms with van der Waals surface area (Å²) in [5.41, 5.74) is 3.10. The molecule has 32 heavy (non-hydrogen) atoms. The number of aliphatic hydroxyl groups excluding tert-OH is 1. The molecule has 0 aliphatic heterocycles. The third kappa shape index (κ3) is 4.62. The van der Waals surface area contributed by atoms with E-state index in [1.165, 1.54) is 7.11 Å². The van der Waals surface area contributed by atoms with Crippen LogP contribution < -0.4 is 29.6 Å². The van der Waals surface area contributed by atoms with Gasteiger partial charge in [0.1, 0.15) is 23.0 Å². The Kier molecular flexibility index (Phi) is 7.49. The minimum absolute atomic E-state index is 0.258. The number of benzene rings is 3. The fourth-order valence-electron chi connectivity index (χ4n) is 3.82. The lowest BCUT2D eigenvalue weighted by atomic mass is 10.1. The highest BCUT2D eigenvalue weighted by molar-refractivity contribution is 7.78. The molecule has 0 radical (unpaired) electrons. The fourth-order valence-corrected chi connectivity index (χ4v) is 7.08. The quantitative estimate of drug-likeness (QED) is 0.385. The van der Waals surface area contributed by atoms with Crippen molar-refractivity contribution in [3.05, 3.63) is 71.3 Å². The van der Waals surface area contributed by atoms with Crippen LogP contribution in [-0.2, 0) is 10.7 Å². The molecule has 0 aliphatic rings. The Hall–Kier alpha value is -2.95. The molecule has 0 aliphatic carbocycles. The number of rotatable bonds is 9. The summed E-state index contributed by atoms with van der Waals surface area (Å²) >= 11 is 0. The summed E-state index contributed by atoms with van der Waals surface area (Å²) in [6.07, 6.45) is 0.258. The highest BCUT2D eigenvalue weighted by Gasteiger charge is 2.35. The van der Waals surface area contributed by atoms with Gasteiger partial charge in [0.05, 0.1) is 31.9 Å². The smallest absolute Gasteiger partial charge is 0.186 e. The van der Waals surface area contributed by atoms with E-state index in [4.69, 9.17) is 18.9 Å². The molecule has 0 saturated heterocycles. The van der Waals surface area contributed by atoms with E-state index in [9.17, 15) is 5.11 Å². The Labute approximate surface area is 189 Å². The van der Waals surface area contributed by atoms with E-state index in [1.54, 1.807) is 50.6 Å². The molecule has 0 fully saturated rings. The molecule has 1 unspecified atom stereocenters. The second-order valence-electron chi connectivity index (χ2n) is 7.41. The lowest BCUT2D eigenvalue weighted by Crippen LogP contribution is -2.22. The van der Waals surface area contributed by atoms with E-state index in [2.05, 4.69) is 0 Å². The highest BCUT2D eigenvalue weighted by atomic mass is 31.2. The van der Waals surface area contributed by atoms with Gasteiger partial charge in [-0.3, -0.25) is 0 Å². The normalized spacial score (nSPS) is 12.7. The standard InChI is InChI=1S/C25H29O6P/c1-17-7-6-8-18(2)21(17)15-32(27,24-13-19(28-3)9-11-22(24)29-4)25-14-20(31-16-26)10-12-23(25)30-5/h6-14,26H,15-16H2,1-5H3. The molecular formula is C25H29O6P. The Morgan fingerprint density at radius 2 is 1.31 bits per heavy atom. The van der Waals surface area contributed by atoms with Gasteiger partial charge in [-0.15, -0.1) is 0 Å². The van der Waals surface area contributed by atoms with Gasteiger partial charge in [-0.2, -0.15) is 0 Å². The van der Waals surface area contributed by atoms with E-state index in [-0.39, 0.29) is 6.16 Å². The van der Waals surface area contributed by atoms with E-state index >= 15 is 4.57 Å². The number of aliphatic hydroxyl groups is 1. The molecule has 0 spiro atoms. The summed E-state index contributed by atoms with van der Waals surface area (Å²) in [6.45, 7) is 3.53. The van der Waals surface area contributed by atoms with Gasteiger partial charge in [-0.1, -0.05) is 18.2 Å². The van der Waals surface area contributed by atoms with Crippen molar-refractivity contribution in [1.29, 1.82) is 0 Å². The van der Waals surface area contributed by atoms with Crippen LogP contribution in [0.2, 0.25) is 0 Å². The summed E-state index contributed by atoms with van der Waals surface area (Å²) in [5, 5.41) is 10.3. The van der Waals surface area contributed by atoms with Crippen LogP contribution in [0.25, 0.3) is 0 Å². The lowest BCUT2D eigenvalue weighted by molar-refractivity contribution is 0.0986. The largest absolute Gasteiger partial charge is 0.497 e. The molecule has 3 aromatic rings. The minimum atomic E-state index is -3.39. The van der Waals surface area contributed by atoms with Crippen molar-refractivity contribution in [2.24, 2.45) is 0 Å². The Balaban J connectivity index is 2.36. The molecule has 7 heteroatoms. The molecule has 0 aromatic heterocycles. The molecule has 1 N–H and O–H groups in total. The Morgan fingerprint density at radius 3 is 1.81 bits per heavy atom. The third-order valence-corrected chi connectivity index (χ3v) is 8.59. The van der Waals surface area contributed by atoms with Gasteiger partial charge in [0, 0.05) is 6.16 Å². The van der Waals surface area contributed by atoms with Crippen molar-refractivity contribution in [1.82, 2.24) is 0 Å². The second kappa shape index (κ2) is 10.1. The van der Waals surface area contributed by atoms with Gasteiger partial charge < -0.3 is 28.6 Å². The van der Waals surface area contributed by atoms with Crippen LogP contribution in [0.5, 0.6) is 23.0 Å². The molecule has 1 atom stereocenters. The van der Waals surface area contributed by atoms with Crippen molar-refractivity contribution < 1.29 is 28.6 Å². The van der Waals surface area contributed by atoms with Crippen LogP contribution in [-0.4, -0.2) is 33.2 Å². The number of hydrogen-bond acceptors (Lipinski definition) is 6. The van der Waals surface area contributed by atoms with Crippen LogP contribution in [0.3, 0.4) is 0 Å². The summed E-state index contributed by atoms with van der Waals surface area (Å²) in [4.78, 5) is 0. The van der Waals surface area contributed by atoms with E-state index < -0.39 is 13.9 Å². The third-order valence-electron chi connectivity index (χ3n) is 5.57. The van der Waals surface area contributed by atoms with Gasteiger partial charge in [-0.25, -0.2) is 0 Å². The van der Waals surface area contributed by atoms with Crippen LogP contribution in [0.1, 0.15) is 16.7 Å². The van der Waals surface area contributed by atoms with Gasteiger partial charge in [0.25, 0.3) is 0 Å². The summed E-state index contributed by atoms with van der Waals surface area (Å²) in [5.74, 6) is 1.93. The Morgan fingerprint density at radius 1 is 0.781 bits per heavy atom. The van der Waals surface area contributed by atoms with Gasteiger partial charge in [-0.05, 0) is 66.9 Å². The first-order valence-corrected chi connectivity index (χ1v) is 12.1. The van der Waals surface area contributed by atoms with Crippen LogP contribution in [0.15, 0.2) is 54.6 Å². The van der Waals surface area contributed by atoms with Crippen molar-refractivity contribution in [2.45, 2.75) is 20.0 Å². The zero-order valence-corrected chi connectivity index (χ0v) is 19.9. The molecular weight excluding hydrogens is 427 g/mol. The van der Waals surface area contributed by atoms with E-state index in [1.807, 2.05) is 32.0 Å². The first-order valence-electron chi connectivity index (χ1n) is 10.2. The first kappa shape index (κ1) is 23.7. The molecule has 3 rings (SSSR count). The molecule has 6 nitrogen and oxygen atoms in total. The number of aryl methyl sites for hydroxylation is 2. The maximum absolute atomic E-state index is 15.1. The Bertz CT molecular complexity index is 1120. The predicted molar refractivity (Wildman–Crippen MR) is 127 cm³/mol. The molecule has 0 amide bonds. The molecule has 0 heterocycles. The second-order valence-corrected chi connectivity index (χ2v) is 10.2. The van der Waals surface area contributed by atoms with Crippen molar-refractivity contribution in [3.8, 4) is 23.0 Å². The topological polar surface area (TPSA) is 74.2 Å². The van der Waals surface area contributed by atoms with E-state index in [0.29, 0.717) is 33.6 Å². The zero-order valence-electron chi connectivity index (χ0n) is 19.0. The fraction of sp³-hybridized carbons (Fsp3) is 0.280.